The summed E-state index contributed by atoms with van der Waals surface area (Å²) in [5.74, 6) is -0.0382. The van der Waals surface area contributed by atoms with E-state index in [4.69, 9.17) is 0 Å². The predicted octanol–water partition coefficient (Wildman–Crippen LogP) is 1.67. The number of benzene rings is 1. The molecule has 1 atom stereocenters. The van der Waals surface area contributed by atoms with Crippen LogP contribution in [-0.2, 0) is 19.9 Å². The number of hydrogen-bond donors (Lipinski definition) is 1. The molecule has 2 aromatic rings. The molecule has 0 radical (unpaired) electrons. The van der Waals surface area contributed by atoms with E-state index in [1.807, 2.05) is 0 Å². The van der Waals surface area contributed by atoms with Crippen molar-refractivity contribution in [1.82, 2.24) is 14.1 Å². The summed E-state index contributed by atoms with van der Waals surface area (Å²) in [7, 11) is -3.96. The quantitative estimate of drug-likeness (QED) is 0.734. The van der Waals surface area contributed by atoms with Crippen LogP contribution < -0.4 is 5.32 Å². The van der Waals surface area contributed by atoms with E-state index in [9.17, 15) is 21.6 Å². The van der Waals surface area contributed by atoms with Crippen LogP contribution in [0.1, 0.15) is 39.6 Å². The highest BCUT2D eigenvalue weighted by Gasteiger charge is 2.31. The molecule has 1 aromatic heterocycles. The van der Waals surface area contributed by atoms with Crippen LogP contribution in [0.3, 0.4) is 0 Å². The first-order chi connectivity index (χ1) is 13.8. The first-order valence-corrected chi connectivity index (χ1v) is 12.7. The van der Waals surface area contributed by atoms with Crippen molar-refractivity contribution in [2.24, 2.45) is 0 Å². The maximum absolute atomic E-state index is 13.0. The number of aromatic nitrogens is 2. The summed E-state index contributed by atoms with van der Waals surface area (Å²) in [5, 5.41) is 7.12. The summed E-state index contributed by atoms with van der Waals surface area (Å²) in [6, 6.07) is 4.32. The molecule has 0 aliphatic carbocycles. The molecule has 0 bridgehead atoms. The fourth-order valence-electron chi connectivity index (χ4n) is 3.47. The number of aryl methyl sites for hydroxylation is 2. The Bertz CT molecular complexity index is 1210. The van der Waals surface area contributed by atoms with E-state index in [0.717, 1.165) is 4.31 Å². The van der Waals surface area contributed by atoms with E-state index < -0.39 is 25.8 Å². The Morgan fingerprint density at radius 2 is 1.87 bits per heavy atom. The standard InChI is InChI=1S/C19H26N4O5S2/c1-12-8-15(10-17(14(12)3)30(27,28)22(4)5)19(24)20-18-9-13(2)21-23(18)16-6-7-29(25,26)11-16/h8-10,16H,6-7,11H2,1-5H3,(H,20,24). The minimum atomic E-state index is -3.72. The van der Waals surface area contributed by atoms with Gasteiger partial charge in [-0.15, -0.1) is 0 Å². The number of carbonyl (C=O) groups excluding carboxylic acids is 1. The average Bonchev–Trinajstić information content (AvgIpc) is 3.18. The van der Waals surface area contributed by atoms with Gasteiger partial charge in [-0.2, -0.15) is 5.10 Å². The number of anilines is 1. The second kappa shape index (κ2) is 7.78. The van der Waals surface area contributed by atoms with Crippen LogP contribution in [0.15, 0.2) is 23.1 Å². The molecule has 3 rings (SSSR count). The first-order valence-electron chi connectivity index (χ1n) is 9.43. The fourth-order valence-corrected chi connectivity index (χ4v) is 6.38. The number of sulfonamides is 1. The second-order valence-electron chi connectivity index (χ2n) is 7.83. The van der Waals surface area contributed by atoms with Crippen molar-refractivity contribution < 1.29 is 21.6 Å². The summed E-state index contributed by atoms with van der Waals surface area (Å²) >= 11 is 0. The molecule has 2 heterocycles. The van der Waals surface area contributed by atoms with E-state index in [-0.39, 0.29) is 28.0 Å². The van der Waals surface area contributed by atoms with Crippen LogP contribution in [0.5, 0.6) is 0 Å². The van der Waals surface area contributed by atoms with E-state index in [1.165, 1.54) is 24.8 Å². The van der Waals surface area contributed by atoms with Crippen molar-refractivity contribution in [2.45, 2.75) is 38.1 Å². The van der Waals surface area contributed by atoms with Crippen molar-refractivity contribution in [3.63, 3.8) is 0 Å². The smallest absolute Gasteiger partial charge is 0.256 e. The van der Waals surface area contributed by atoms with Gasteiger partial charge in [0, 0.05) is 25.7 Å². The van der Waals surface area contributed by atoms with Crippen molar-refractivity contribution in [3.8, 4) is 0 Å². The van der Waals surface area contributed by atoms with Gasteiger partial charge in [0.25, 0.3) is 5.91 Å². The molecular weight excluding hydrogens is 428 g/mol. The monoisotopic (exact) mass is 454 g/mol. The maximum atomic E-state index is 13.0. The van der Waals surface area contributed by atoms with Gasteiger partial charge in [-0.3, -0.25) is 4.79 Å². The lowest BCUT2D eigenvalue weighted by molar-refractivity contribution is 0.102. The molecule has 9 nitrogen and oxygen atoms in total. The molecule has 1 saturated heterocycles. The average molecular weight is 455 g/mol. The van der Waals surface area contributed by atoms with Crippen molar-refractivity contribution in [3.05, 3.63) is 40.6 Å². The highest BCUT2D eigenvalue weighted by molar-refractivity contribution is 7.91. The summed E-state index contributed by atoms with van der Waals surface area (Å²) in [6.45, 7) is 5.21. The summed E-state index contributed by atoms with van der Waals surface area (Å²) in [5.41, 5.74) is 2.10. The van der Waals surface area contributed by atoms with Gasteiger partial charge in [0.2, 0.25) is 10.0 Å². The third-order valence-electron chi connectivity index (χ3n) is 5.29. The van der Waals surface area contributed by atoms with Crippen LogP contribution in [0.4, 0.5) is 5.82 Å². The van der Waals surface area contributed by atoms with E-state index >= 15 is 0 Å². The minimum absolute atomic E-state index is 0.0220. The summed E-state index contributed by atoms with van der Waals surface area (Å²) in [4.78, 5) is 13.0. The normalized spacial score (nSPS) is 18.7. The van der Waals surface area contributed by atoms with E-state index in [0.29, 0.717) is 29.1 Å². The second-order valence-corrected chi connectivity index (χ2v) is 12.2. The molecule has 1 aromatic carbocycles. The Morgan fingerprint density at radius 1 is 1.20 bits per heavy atom. The lowest BCUT2D eigenvalue weighted by Gasteiger charge is -2.17. The van der Waals surface area contributed by atoms with Crippen LogP contribution in [0.25, 0.3) is 0 Å². The Balaban J connectivity index is 1.96. The number of amides is 1. The van der Waals surface area contributed by atoms with Gasteiger partial charge < -0.3 is 5.32 Å². The van der Waals surface area contributed by atoms with E-state index in [2.05, 4.69) is 10.4 Å². The Labute approximate surface area is 177 Å². The van der Waals surface area contributed by atoms with Crippen LogP contribution in [0, 0.1) is 20.8 Å². The van der Waals surface area contributed by atoms with Crippen LogP contribution in [0.2, 0.25) is 0 Å². The molecule has 30 heavy (non-hydrogen) atoms. The number of rotatable bonds is 5. The first kappa shape index (κ1) is 22.4. The number of nitrogens with one attached hydrogen (secondary N) is 1. The number of hydrogen-bond acceptors (Lipinski definition) is 6. The molecule has 1 N–H and O–H groups in total. The largest absolute Gasteiger partial charge is 0.307 e. The molecule has 0 spiro atoms. The molecule has 1 unspecified atom stereocenters. The third kappa shape index (κ3) is 4.28. The van der Waals surface area contributed by atoms with Gasteiger partial charge in [0.05, 0.1) is 28.1 Å². The summed E-state index contributed by atoms with van der Waals surface area (Å²) < 4.78 is 51.6. The molecule has 1 fully saturated rings. The lowest BCUT2D eigenvalue weighted by Crippen LogP contribution is -2.24. The van der Waals surface area contributed by atoms with Gasteiger partial charge >= 0.3 is 0 Å². The van der Waals surface area contributed by atoms with Gasteiger partial charge in [0.15, 0.2) is 9.84 Å². The minimum Gasteiger partial charge on any atom is -0.307 e. The molecular formula is C19H26N4O5S2. The molecule has 0 saturated carbocycles. The zero-order valence-electron chi connectivity index (χ0n) is 17.6. The molecule has 1 aliphatic heterocycles. The SMILES string of the molecule is Cc1cc(NC(=O)c2cc(C)c(C)c(S(=O)(=O)N(C)C)c2)n(C2CCS(=O)(=O)C2)n1. The highest BCUT2D eigenvalue weighted by Crippen LogP contribution is 2.28. The van der Waals surface area contributed by atoms with Crippen molar-refractivity contribution >= 4 is 31.6 Å². The van der Waals surface area contributed by atoms with Crippen LogP contribution >= 0.6 is 0 Å². The zero-order chi connectivity index (χ0) is 22.4. The molecule has 11 heteroatoms. The Morgan fingerprint density at radius 3 is 2.43 bits per heavy atom. The zero-order valence-corrected chi connectivity index (χ0v) is 19.3. The van der Waals surface area contributed by atoms with Crippen molar-refractivity contribution in [2.75, 3.05) is 30.9 Å². The predicted molar refractivity (Wildman–Crippen MR) is 114 cm³/mol. The molecule has 164 valence electrons. The number of sulfone groups is 1. The van der Waals surface area contributed by atoms with Gasteiger partial charge in [-0.25, -0.2) is 25.8 Å². The van der Waals surface area contributed by atoms with E-state index in [1.54, 1.807) is 32.9 Å². The molecule has 1 amide bonds. The van der Waals surface area contributed by atoms with Gasteiger partial charge in [0.1, 0.15) is 5.82 Å². The number of nitrogens with zero attached hydrogens (tertiary/aromatic N) is 3. The topological polar surface area (TPSA) is 118 Å². The Hall–Kier alpha value is -2.24. The van der Waals surface area contributed by atoms with Crippen LogP contribution in [-0.4, -0.2) is 62.4 Å². The van der Waals surface area contributed by atoms with Crippen molar-refractivity contribution in [1.29, 1.82) is 0 Å². The fraction of sp³-hybridized carbons (Fsp3) is 0.474. The lowest BCUT2D eigenvalue weighted by atomic mass is 10.1. The number of carbonyl (C=O) groups is 1. The molecule has 1 aliphatic rings. The summed E-state index contributed by atoms with van der Waals surface area (Å²) in [6.07, 6.45) is 0.432. The van der Waals surface area contributed by atoms with Gasteiger partial charge in [-0.05, 0) is 50.5 Å². The van der Waals surface area contributed by atoms with Gasteiger partial charge in [-0.1, -0.05) is 0 Å². The third-order valence-corrected chi connectivity index (χ3v) is 8.99. The highest BCUT2D eigenvalue weighted by atomic mass is 32.2. The Kier molecular flexibility index (Phi) is 5.82. The maximum Gasteiger partial charge on any atom is 0.256 e.